The van der Waals surface area contributed by atoms with Crippen LogP contribution in [0.5, 0.6) is 0 Å². The molecule has 0 fully saturated rings. The normalized spacial score (nSPS) is 10.7. The molecular weight excluding hydrogens is 264 g/mol. The molecule has 0 bridgehead atoms. The highest BCUT2D eigenvalue weighted by Crippen LogP contribution is 2.15. The molecule has 9 nitrogen and oxygen atoms in total. The maximum Gasteiger partial charge on any atom is 0.301 e. The summed E-state index contributed by atoms with van der Waals surface area (Å²) in [7, 11) is 0. The van der Waals surface area contributed by atoms with Gasteiger partial charge in [0, 0.05) is 5.56 Å². The van der Waals surface area contributed by atoms with Crippen molar-refractivity contribution >= 4 is 5.91 Å². The van der Waals surface area contributed by atoms with Crippen LogP contribution in [0.15, 0.2) is 39.6 Å². The number of furan rings is 2. The maximum absolute atomic E-state index is 11.5. The number of rotatable bonds is 4. The predicted octanol–water partition coefficient (Wildman–Crippen LogP) is 0.178. The minimum Gasteiger partial charge on any atom is -0.461 e. The quantitative estimate of drug-likeness (QED) is 0.395. The van der Waals surface area contributed by atoms with Crippen LogP contribution < -0.4 is 11.3 Å². The lowest BCUT2D eigenvalue weighted by Gasteiger charge is -1.99. The summed E-state index contributed by atoms with van der Waals surface area (Å²) in [6, 6.07) is 5.10. The zero-order chi connectivity index (χ0) is 13.9. The highest BCUT2D eigenvalue weighted by atomic mass is 16.3. The topological polar surface area (TPSA) is 125 Å². The van der Waals surface area contributed by atoms with Crippen LogP contribution >= 0.6 is 0 Å². The summed E-state index contributed by atoms with van der Waals surface area (Å²) in [5.41, 5.74) is 2.60. The first-order valence-electron chi connectivity index (χ1n) is 5.67. The number of hydrogen-bond acceptors (Lipinski definition) is 7. The second-order valence-corrected chi connectivity index (χ2v) is 3.87. The van der Waals surface area contributed by atoms with Crippen LogP contribution in [-0.4, -0.2) is 26.1 Å². The van der Waals surface area contributed by atoms with Gasteiger partial charge in [-0.1, -0.05) is 0 Å². The van der Waals surface area contributed by atoms with Crippen LogP contribution in [0.1, 0.15) is 16.1 Å². The Morgan fingerprint density at radius 1 is 1.35 bits per heavy atom. The van der Waals surface area contributed by atoms with Gasteiger partial charge in [0.2, 0.25) is 5.82 Å². The first kappa shape index (κ1) is 12.1. The fourth-order valence-electron chi connectivity index (χ4n) is 1.69. The van der Waals surface area contributed by atoms with Crippen molar-refractivity contribution in [1.29, 1.82) is 0 Å². The van der Waals surface area contributed by atoms with Gasteiger partial charge in [-0.15, -0.1) is 10.2 Å². The smallest absolute Gasteiger partial charge is 0.301 e. The molecule has 0 aromatic carbocycles. The molecule has 0 unspecified atom stereocenters. The van der Waals surface area contributed by atoms with Crippen LogP contribution in [0.4, 0.5) is 0 Å². The fourth-order valence-corrected chi connectivity index (χ4v) is 1.69. The number of hydrogen-bond donors (Lipinski definition) is 2. The molecule has 0 saturated heterocycles. The van der Waals surface area contributed by atoms with Gasteiger partial charge in [0.05, 0.1) is 19.1 Å². The largest absolute Gasteiger partial charge is 0.461 e. The van der Waals surface area contributed by atoms with Gasteiger partial charge in [0.25, 0.3) is 0 Å². The van der Waals surface area contributed by atoms with Crippen molar-refractivity contribution in [2.75, 3.05) is 0 Å². The van der Waals surface area contributed by atoms with Crippen LogP contribution in [-0.2, 0) is 6.54 Å². The van der Waals surface area contributed by atoms with E-state index in [0.29, 0.717) is 17.1 Å². The minimum atomic E-state index is -0.517. The Bertz CT molecular complexity index is 714. The Kier molecular flexibility index (Phi) is 3.01. The third-order valence-electron chi connectivity index (χ3n) is 2.59. The number of nitrogens with zero attached hydrogens (tertiary/aromatic N) is 4. The van der Waals surface area contributed by atoms with E-state index < -0.39 is 5.91 Å². The fraction of sp³-hybridized carbons (Fsp3) is 0.0909. The average Bonchev–Trinajstić information content (AvgIpc) is 3.19. The van der Waals surface area contributed by atoms with Gasteiger partial charge in [-0.3, -0.25) is 10.2 Å². The Morgan fingerprint density at radius 3 is 3.00 bits per heavy atom. The molecule has 3 N–H and O–H groups in total. The molecule has 20 heavy (non-hydrogen) atoms. The molecule has 3 aromatic heterocycles. The molecule has 1 amide bonds. The van der Waals surface area contributed by atoms with Gasteiger partial charge in [0.1, 0.15) is 0 Å². The first-order valence-corrected chi connectivity index (χ1v) is 5.67. The van der Waals surface area contributed by atoms with Crippen molar-refractivity contribution in [3.8, 4) is 11.6 Å². The molecule has 0 aliphatic heterocycles. The van der Waals surface area contributed by atoms with E-state index in [1.54, 1.807) is 18.2 Å². The molecular formula is C11H10N6O3. The highest BCUT2D eigenvalue weighted by molar-refractivity contribution is 5.92. The number of nitrogens with one attached hydrogen (secondary N) is 1. The monoisotopic (exact) mass is 274 g/mol. The summed E-state index contributed by atoms with van der Waals surface area (Å²) >= 11 is 0. The van der Waals surface area contributed by atoms with Crippen LogP contribution in [0.25, 0.3) is 11.6 Å². The zero-order valence-electron chi connectivity index (χ0n) is 10.2. The molecule has 0 saturated carbocycles. The summed E-state index contributed by atoms with van der Waals surface area (Å²) in [6.07, 6.45) is 2.92. The molecule has 0 spiro atoms. The van der Waals surface area contributed by atoms with Crippen molar-refractivity contribution < 1.29 is 13.6 Å². The van der Waals surface area contributed by atoms with Gasteiger partial charge in [-0.2, -0.15) is 4.80 Å². The van der Waals surface area contributed by atoms with E-state index in [1.807, 2.05) is 5.43 Å². The van der Waals surface area contributed by atoms with Gasteiger partial charge in [-0.25, -0.2) is 5.84 Å². The molecule has 3 rings (SSSR count). The maximum atomic E-state index is 11.5. The number of carbonyl (C=O) groups excluding carboxylic acids is 1. The van der Waals surface area contributed by atoms with Crippen molar-refractivity contribution in [2.24, 2.45) is 5.84 Å². The van der Waals surface area contributed by atoms with Gasteiger partial charge in [0.15, 0.2) is 11.5 Å². The molecule has 0 atom stereocenters. The lowest BCUT2D eigenvalue weighted by atomic mass is 10.2. The number of nitrogens with two attached hydrogens (primary N) is 1. The van der Waals surface area contributed by atoms with Crippen molar-refractivity contribution in [2.45, 2.75) is 6.54 Å². The van der Waals surface area contributed by atoms with Crippen LogP contribution in [0.3, 0.4) is 0 Å². The highest BCUT2D eigenvalue weighted by Gasteiger charge is 2.16. The van der Waals surface area contributed by atoms with Gasteiger partial charge >= 0.3 is 5.91 Å². The summed E-state index contributed by atoms with van der Waals surface area (Å²) in [6.45, 7) is 0.229. The minimum absolute atomic E-state index is 0.115. The van der Waals surface area contributed by atoms with E-state index >= 15 is 0 Å². The van der Waals surface area contributed by atoms with Crippen molar-refractivity contribution in [1.82, 2.24) is 25.6 Å². The van der Waals surface area contributed by atoms with E-state index in [4.69, 9.17) is 14.7 Å². The molecule has 3 aromatic rings. The molecule has 0 radical (unpaired) electrons. The summed E-state index contributed by atoms with van der Waals surface area (Å²) < 4.78 is 10.2. The third-order valence-corrected chi connectivity index (χ3v) is 2.59. The summed E-state index contributed by atoms with van der Waals surface area (Å²) in [5.74, 6) is 5.55. The molecule has 0 aliphatic rings. The van der Waals surface area contributed by atoms with Gasteiger partial charge < -0.3 is 8.83 Å². The number of hydrazine groups is 1. The number of aromatic nitrogens is 4. The number of carbonyl (C=O) groups is 1. The average molecular weight is 274 g/mol. The van der Waals surface area contributed by atoms with Gasteiger partial charge in [-0.05, 0) is 23.4 Å². The van der Waals surface area contributed by atoms with E-state index in [9.17, 15) is 4.79 Å². The Hall–Kier alpha value is -2.94. The standard InChI is InChI=1S/C11H10N6O3/c12-13-11(18)9-7(3-5-20-9)6-17-15-10(14-16-17)8-2-1-4-19-8/h1-5H,6,12H2,(H,13,18). The molecule has 0 aliphatic carbocycles. The predicted molar refractivity (Wildman–Crippen MR) is 65.0 cm³/mol. The number of tetrazole rings is 1. The Labute approximate surface area is 112 Å². The number of nitrogen functional groups attached to an aromatic ring is 1. The second-order valence-electron chi connectivity index (χ2n) is 3.87. The molecule has 102 valence electrons. The Morgan fingerprint density at radius 2 is 2.25 bits per heavy atom. The second kappa shape index (κ2) is 4.97. The molecule has 9 heteroatoms. The third kappa shape index (κ3) is 2.17. The van der Waals surface area contributed by atoms with Crippen molar-refractivity contribution in [3.05, 3.63) is 42.0 Å². The van der Waals surface area contributed by atoms with Crippen LogP contribution in [0, 0.1) is 0 Å². The zero-order valence-corrected chi connectivity index (χ0v) is 10.2. The van der Waals surface area contributed by atoms with E-state index in [2.05, 4.69) is 15.4 Å². The van der Waals surface area contributed by atoms with E-state index in [-0.39, 0.29) is 12.3 Å². The SMILES string of the molecule is NNC(=O)c1occc1Cn1nnc(-c2ccco2)n1. The lowest BCUT2D eigenvalue weighted by molar-refractivity contribution is 0.0924. The Balaban J connectivity index is 1.82. The summed E-state index contributed by atoms with van der Waals surface area (Å²) in [4.78, 5) is 12.8. The number of amides is 1. The summed E-state index contributed by atoms with van der Waals surface area (Å²) in [5, 5.41) is 11.9. The van der Waals surface area contributed by atoms with E-state index in [0.717, 1.165) is 0 Å². The lowest BCUT2D eigenvalue weighted by Crippen LogP contribution is -2.30. The van der Waals surface area contributed by atoms with E-state index in [1.165, 1.54) is 17.3 Å². The first-order chi connectivity index (χ1) is 9.78. The van der Waals surface area contributed by atoms with Crippen molar-refractivity contribution in [3.63, 3.8) is 0 Å². The van der Waals surface area contributed by atoms with Crippen LogP contribution in [0.2, 0.25) is 0 Å². The molecule has 3 heterocycles.